The number of nitrogen functional groups attached to an aromatic ring is 1. The lowest BCUT2D eigenvalue weighted by atomic mass is 10.0. The number of pyridine rings is 2. The van der Waals surface area contributed by atoms with Gasteiger partial charge in [-0.25, -0.2) is 9.78 Å². The highest BCUT2D eigenvalue weighted by Gasteiger charge is 2.35. The topological polar surface area (TPSA) is 120 Å². The Kier molecular flexibility index (Phi) is 6.73. The van der Waals surface area contributed by atoms with Crippen LogP contribution < -0.4 is 11.1 Å². The molecule has 0 saturated heterocycles. The number of nitrogens with two attached hydrogens (primary N) is 1. The smallest absolute Gasteiger partial charge is 0.420 e. The largest absolute Gasteiger partial charge is 0.465 e. The predicted molar refractivity (Wildman–Crippen MR) is 125 cm³/mol. The molecule has 36 heavy (non-hydrogen) atoms. The van der Waals surface area contributed by atoms with Crippen LogP contribution in [0.15, 0.2) is 65.4 Å². The maximum absolute atomic E-state index is 13.8. The van der Waals surface area contributed by atoms with Gasteiger partial charge in [-0.3, -0.25) is 9.78 Å². The fourth-order valence-corrected chi connectivity index (χ4v) is 3.38. The van der Waals surface area contributed by atoms with E-state index >= 15 is 0 Å². The van der Waals surface area contributed by atoms with Crippen molar-refractivity contribution in [2.24, 2.45) is 0 Å². The highest BCUT2D eigenvalue weighted by atomic mass is 19.4. The number of nitrogens with one attached hydrogen (secondary N) is 1. The average Bonchev–Trinajstić information content (AvgIpc) is 3.28. The van der Waals surface area contributed by atoms with E-state index in [0.717, 1.165) is 6.07 Å². The van der Waals surface area contributed by atoms with Gasteiger partial charge in [0.05, 0.1) is 30.5 Å². The van der Waals surface area contributed by atoms with Crippen LogP contribution in [0.5, 0.6) is 0 Å². The van der Waals surface area contributed by atoms with Gasteiger partial charge in [-0.1, -0.05) is 0 Å². The molecule has 0 aliphatic carbocycles. The second-order valence-corrected chi connectivity index (χ2v) is 7.64. The van der Waals surface area contributed by atoms with Gasteiger partial charge in [0.1, 0.15) is 17.2 Å². The van der Waals surface area contributed by atoms with Gasteiger partial charge in [0.15, 0.2) is 0 Å². The number of fused-ring (bicyclic) bond motifs is 1. The molecular weight excluding hydrogens is 477 g/mol. The molecule has 0 radical (unpaired) electrons. The van der Waals surface area contributed by atoms with Crippen molar-refractivity contribution >= 4 is 34.7 Å². The number of esters is 1. The molecular formula is C25H19F3N4O4. The SMILES string of the molecule is COC(=O)c1ccc(-c2cc(C(F)(F)F)c3oc(CNC(=O)/C=C/c4ccc(N)nc4)cc3c2)nc1. The molecule has 3 aromatic heterocycles. The van der Waals surface area contributed by atoms with Crippen LogP contribution in [0.2, 0.25) is 0 Å². The Bertz CT molecular complexity index is 1440. The predicted octanol–water partition coefficient (Wildman–Crippen LogP) is 4.61. The minimum atomic E-state index is -4.70. The highest BCUT2D eigenvalue weighted by molar-refractivity contribution is 5.92. The van der Waals surface area contributed by atoms with Crippen molar-refractivity contribution in [3.8, 4) is 11.3 Å². The van der Waals surface area contributed by atoms with Gasteiger partial charge in [0.2, 0.25) is 5.91 Å². The minimum absolute atomic E-state index is 0.128. The first-order chi connectivity index (χ1) is 17.1. The van der Waals surface area contributed by atoms with Gasteiger partial charge in [0.25, 0.3) is 0 Å². The van der Waals surface area contributed by atoms with Crippen molar-refractivity contribution in [1.82, 2.24) is 15.3 Å². The molecule has 0 unspecified atom stereocenters. The number of benzene rings is 1. The third kappa shape index (κ3) is 5.52. The van der Waals surface area contributed by atoms with Crippen LogP contribution in [-0.2, 0) is 22.3 Å². The Labute approximate surface area is 202 Å². The molecule has 0 saturated carbocycles. The fraction of sp³-hybridized carbons (Fsp3) is 0.120. The zero-order valence-electron chi connectivity index (χ0n) is 18.8. The molecule has 4 aromatic rings. The van der Waals surface area contributed by atoms with Crippen LogP contribution in [0.1, 0.15) is 27.2 Å². The van der Waals surface area contributed by atoms with Crippen LogP contribution in [0.3, 0.4) is 0 Å². The number of furan rings is 1. The van der Waals surface area contributed by atoms with E-state index in [0.29, 0.717) is 11.4 Å². The molecule has 1 aromatic carbocycles. The summed E-state index contributed by atoms with van der Waals surface area (Å²) in [7, 11) is 1.21. The van der Waals surface area contributed by atoms with Crippen LogP contribution in [0, 0.1) is 0 Å². The zero-order chi connectivity index (χ0) is 25.9. The fourth-order valence-electron chi connectivity index (χ4n) is 3.38. The van der Waals surface area contributed by atoms with Crippen molar-refractivity contribution < 1.29 is 31.9 Å². The Balaban J connectivity index is 1.57. The molecule has 0 aliphatic heterocycles. The van der Waals surface area contributed by atoms with E-state index in [9.17, 15) is 22.8 Å². The molecule has 0 fully saturated rings. The number of carbonyl (C=O) groups excluding carboxylic acids is 2. The average molecular weight is 496 g/mol. The first-order valence-corrected chi connectivity index (χ1v) is 10.5. The number of anilines is 1. The molecule has 3 heterocycles. The van der Waals surface area contributed by atoms with Gasteiger partial charge < -0.3 is 20.2 Å². The summed E-state index contributed by atoms with van der Waals surface area (Å²) < 4.78 is 51.5. The summed E-state index contributed by atoms with van der Waals surface area (Å²) in [4.78, 5) is 31.7. The normalized spacial score (nSPS) is 11.7. The maximum Gasteiger partial charge on any atom is 0.420 e. The Hall–Kier alpha value is -4.67. The quantitative estimate of drug-likeness (QED) is 0.296. The molecule has 4 rings (SSSR count). The maximum atomic E-state index is 13.8. The number of halogens is 3. The second-order valence-electron chi connectivity index (χ2n) is 7.64. The van der Waals surface area contributed by atoms with Gasteiger partial charge >= 0.3 is 12.1 Å². The number of hydrogen-bond donors (Lipinski definition) is 2. The first-order valence-electron chi connectivity index (χ1n) is 10.5. The lowest BCUT2D eigenvalue weighted by Gasteiger charge is -2.10. The first kappa shape index (κ1) is 24.5. The molecule has 0 bridgehead atoms. The lowest BCUT2D eigenvalue weighted by molar-refractivity contribution is -0.136. The van der Waals surface area contributed by atoms with E-state index in [1.807, 2.05) is 0 Å². The van der Waals surface area contributed by atoms with Crippen molar-refractivity contribution in [1.29, 1.82) is 0 Å². The number of methoxy groups -OCH3 is 1. The number of nitrogens with zero attached hydrogens (tertiary/aromatic N) is 2. The van der Waals surface area contributed by atoms with Crippen molar-refractivity contribution in [3.63, 3.8) is 0 Å². The van der Waals surface area contributed by atoms with Gasteiger partial charge in [0, 0.05) is 29.4 Å². The second kappa shape index (κ2) is 9.90. The molecule has 0 spiro atoms. The zero-order valence-corrected chi connectivity index (χ0v) is 18.8. The van der Waals surface area contributed by atoms with Crippen LogP contribution in [-0.4, -0.2) is 29.0 Å². The number of amides is 1. The van der Waals surface area contributed by atoms with Gasteiger partial charge in [-0.15, -0.1) is 0 Å². The number of hydrogen-bond acceptors (Lipinski definition) is 7. The van der Waals surface area contributed by atoms with E-state index in [1.54, 1.807) is 12.1 Å². The van der Waals surface area contributed by atoms with Crippen LogP contribution >= 0.6 is 0 Å². The van der Waals surface area contributed by atoms with Gasteiger partial charge in [-0.05, 0) is 54.1 Å². The number of ether oxygens (including phenoxy) is 1. The summed E-state index contributed by atoms with van der Waals surface area (Å²) in [6.07, 6.45) is 0.801. The van der Waals surface area contributed by atoms with E-state index < -0.39 is 23.6 Å². The minimum Gasteiger partial charge on any atom is -0.465 e. The summed E-state index contributed by atoms with van der Waals surface area (Å²) in [5, 5.41) is 2.75. The highest BCUT2D eigenvalue weighted by Crippen LogP contribution is 2.39. The van der Waals surface area contributed by atoms with Gasteiger partial charge in [-0.2, -0.15) is 13.2 Å². The van der Waals surface area contributed by atoms with Crippen LogP contribution in [0.4, 0.5) is 19.0 Å². The van der Waals surface area contributed by atoms with E-state index in [2.05, 4.69) is 20.0 Å². The van der Waals surface area contributed by atoms with Crippen LogP contribution in [0.25, 0.3) is 28.3 Å². The lowest BCUT2D eigenvalue weighted by Crippen LogP contribution is -2.19. The summed E-state index contributed by atoms with van der Waals surface area (Å²) in [5.41, 5.74) is 5.41. The van der Waals surface area contributed by atoms with E-state index in [4.69, 9.17) is 10.2 Å². The molecule has 11 heteroatoms. The van der Waals surface area contributed by atoms with Crippen molar-refractivity contribution in [3.05, 3.63) is 83.4 Å². The molecule has 0 aliphatic rings. The number of alkyl halides is 3. The molecule has 184 valence electrons. The Morgan fingerprint density at radius 1 is 1.11 bits per heavy atom. The van der Waals surface area contributed by atoms with E-state index in [1.165, 1.54) is 55.9 Å². The standard InChI is InChI=1S/C25H19F3N4O4/c1-35-24(34)15-4-5-20(30-12-15)16-8-17-9-18(36-23(17)19(10-16)25(26,27)28)13-32-22(33)7-3-14-2-6-21(29)31-11-14/h2-12H,13H2,1H3,(H2,29,31)(H,32,33)/b7-3+. The third-order valence-corrected chi connectivity index (χ3v) is 5.13. The molecule has 3 N–H and O–H groups in total. The molecule has 8 nitrogen and oxygen atoms in total. The summed E-state index contributed by atoms with van der Waals surface area (Å²) in [5.74, 6) is -0.602. The van der Waals surface area contributed by atoms with E-state index in [-0.39, 0.29) is 40.1 Å². The monoisotopic (exact) mass is 496 g/mol. The van der Waals surface area contributed by atoms with Crippen molar-refractivity contribution in [2.45, 2.75) is 12.7 Å². The number of carbonyl (C=O) groups is 2. The van der Waals surface area contributed by atoms with Crippen molar-refractivity contribution in [2.75, 3.05) is 12.8 Å². The third-order valence-electron chi connectivity index (χ3n) is 5.13. The Morgan fingerprint density at radius 3 is 2.56 bits per heavy atom. The molecule has 1 amide bonds. The summed E-state index contributed by atoms with van der Waals surface area (Å²) in [6, 6.07) is 9.95. The number of rotatable bonds is 6. The summed E-state index contributed by atoms with van der Waals surface area (Å²) >= 11 is 0. The summed E-state index contributed by atoms with van der Waals surface area (Å²) in [6.45, 7) is -0.128. The molecule has 0 atom stereocenters. The number of aromatic nitrogens is 2. The Morgan fingerprint density at radius 2 is 1.92 bits per heavy atom.